The summed E-state index contributed by atoms with van der Waals surface area (Å²) < 4.78 is 0. The number of hydrogen-bond acceptors (Lipinski definition) is 7. The maximum atomic E-state index is 12.7. The molecule has 2 aromatic heterocycles. The minimum atomic E-state index is -0.0634. The lowest BCUT2D eigenvalue weighted by Gasteiger charge is -2.33. The topological polar surface area (TPSA) is 68.7 Å². The van der Waals surface area contributed by atoms with Crippen LogP contribution in [0.1, 0.15) is 6.92 Å². The fraction of sp³-hybridized carbons (Fsp3) is 0.500. The number of carbonyl (C=O) groups excluding carboxylic acids is 1. The van der Waals surface area contributed by atoms with Gasteiger partial charge in [0.25, 0.3) is 0 Å². The van der Waals surface area contributed by atoms with Gasteiger partial charge in [-0.1, -0.05) is 18.3 Å². The molecule has 4 heterocycles. The lowest BCUT2D eigenvalue weighted by Crippen LogP contribution is -2.46. The van der Waals surface area contributed by atoms with Crippen LogP contribution in [0.4, 0.5) is 20.7 Å². The molecule has 9 heteroatoms. The van der Waals surface area contributed by atoms with E-state index in [4.69, 9.17) is 0 Å². The zero-order chi connectivity index (χ0) is 17.2. The highest BCUT2D eigenvalue weighted by Gasteiger charge is 2.33. The van der Waals surface area contributed by atoms with Crippen LogP contribution in [0.5, 0.6) is 0 Å². The van der Waals surface area contributed by atoms with E-state index in [9.17, 15) is 4.79 Å². The Kier molecular flexibility index (Phi) is 4.50. The van der Waals surface area contributed by atoms with Crippen molar-refractivity contribution in [3.05, 3.63) is 24.5 Å². The molecule has 25 heavy (non-hydrogen) atoms. The summed E-state index contributed by atoms with van der Waals surface area (Å²) in [4.78, 5) is 24.9. The highest BCUT2D eigenvalue weighted by Crippen LogP contribution is 2.31. The number of piperazine rings is 1. The van der Waals surface area contributed by atoms with Gasteiger partial charge >= 0.3 is 6.03 Å². The third-order valence-corrected chi connectivity index (χ3v) is 5.70. The highest BCUT2D eigenvalue weighted by molar-refractivity contribution is 7.19. The number of anilines is 3. The normalized spacial score (nSPS) is 19.1. The van der Waals surface area contributed by atoms with Gasteiger partial charge in [0.1, 0.15) is 0 Å². The standard InChI is InChI=1S/C16H21N7OS/c1-2-20-6-8-21(9-7-20)14-18-19-15(25-14)23-11-10-22(16(23)24)13-4-3-5-17-12-13/h3-5,12H,2,6-11H2,1H3. The largest absolute Gasteiger partial charge is 0.344 e. The third kappa shape index (κ3) is 3.16. The number of aromatic nitrogens is 3. The lowest BCUT2D eigenvalue weighted by atomic mass is 10.3. The van der Waals surface area contributed by atoms with E-state index in [1.807, 2.05) is 12.1 Å². The molecule has 2 saturated heterocycles. The molecule has 2 amide bonds. The van der Waals surface area contributed by atoms with Crippen molar-refractivity contribution in [3.63, 3.8) is 0 Å². The predicted octanol–water partition coefficient (Wildman–Crippen LogP) is 1.52. The summed E-state index contributed by atoms with van der Waals surface area (Å²) in [5, 5.41) is 10.2. The van der Waals surface area contributed by atoms with Crippen LogP contribution in [0.25, 0.3) is 0 Å². The van der Waals surface area contributed by atoms with Crippen LogP contribution in [0.3, 0.4) is 0 Å². The second kappa shape index (κ2) is 6.93. The van der Waals surface area contributed by atoms with E-state index in [1.165, 1.54) is 11.3 Å². The lowest BCUT2D eigenvalue weighted by molar-refractivity contribution is 0.256. The van der Waals surface area contributed by atoms with Crippen LogP contribution in [0, 0.1) is 0 Å². The molecular weight excluding hydrogens is 338 g/mol. The maximum Gasteiger partial charge on any atom is 0.330 e. The van der Waals surface area contributed by atoms with Crippen LogP contribution in [0.15, 0.2) is 24.5 Å². The fourth-order valence-electron chi connectivity index (χ4n) is 3.17. The number of nitrogens with zero attached hydrogens (tertiary/aromatic N) is 7. The molecule has 0 aromatic carbocycles. The zero-order valence-electron chi connectivity index (χ0n) is 14.2. The van der Waals surface area contributed by atoms with Crippen molar-refractivity contribution in [1.29, 1.82) is 0 Å². The number of likely N-dealkylation sites (N-methyl/N-ethyl adjacent to an activating group) is 1. The number of rotatable bonds is 4. The van der Waals surface area contributed by atoms with Crippen molar-refractivity contribution in [1.82, 2.24) is 20.1 Å². The van der Waals surface area contributed by atoms with E-state index in [2.05, 4.69) is 31.9 Å². The molecule has 2 aliphatic rings. The number of amides is 2. The average molecular weight is 359 g/mol. The zero-order valence-corrected chi connectivity index (χ0v) is 15.0. The third-order valence-electron chi connectivity index (χ3n) is 4.69. The molecule has 8 nitrogen and oxygen atoms in total. The molecule has 2 fully saturated rings. The van der Waals surface area contributed by atoms with E-state index in [-0.39, 0.29) is 6.03 Å². The van der Waals surface area contributed by atoms with Gasteiger partial charge < -0.3 is 9.80 Å². The van der Waals surface area contributed by atoms with Gasteiger partial charge in [-0.25, -0.2) is 4.79 Å². The van der Waals surface area contributed by atoms with Crippen LogP contribution in [-0.4, -0.2) is 71.9 Å². The van der Waals surface area contributed by atoms with Gasteiger partial charge in [0.15, 0.2) is 0 Å². The summed E-state index contributed by atoms with van der Waals surface area (Å²) in [6.45, 7) is 8.52. The first kappa shape index (κ1) is 16.2. The quantitative estimate of drug-likeness (QED) is 0.824. The molecule has 0 unspecified atom stereocenters. The van der Waals surface area contributed by atoms with E-state index >= 15 is 0 Å². The van der Waals surface area contributed by atoms with Gasteiger partial charge in [-0.05, 0) is 18.7 Å². The molecule has 0 atom stereocenters. The minimum Gasteiger partial charge on any atom is -0.344 e. The fourth-order valence-corrected chi connectivity index (χ4v) is 4.09. The highest BCUT2D eigenvalue weighted by atomic mass is 32.1. The molecule has 2 aliphatic heterocycles. The molecule has 0 spiro atoms. The molecule has 132 valence electrons. The maximum absolute atomic E-state index is 12.7. The van der Waals surface area contributed by atoms with Gasteiger partial charge in [0, 0.05) is 45.5 Å². The van der Waals surface area contributed by atoms with Crippen molar-refractivity contribution < 1.29 is 4.79 Å². The Hall–Kier alpha value is -2.26. The summed E-state index contributed by atoms with van der Waals surface area (Å²) in [6.07, 6.45) is 3.41. The van der Waals surface area contributed by atoms with E-state index in [0.29, 0.717) is 18.2 Å². The van der Waals surface area contributed by atoms with E-state index < -0.39 is 0 Å². The van der Waals surface area contributed by atoms with Gasteiger partial charge in [0.05, 0.1) is 11.9 Å². The summed E-state index contributed by atoms with van der Waals surface area (Å²) >= 11 is 1.49. The Labute approximate surface area is 150 Å². The van der Waals surface area contributed by atoms with Crippen molar-refractivity contribution in [2.45, 2.75) is 6.92 Å². The molecule has 2 aromatic rings. The van der Waals surface area contributed by atoms with E-state index in [0.717, 1.165) is 43.5 Å². The van der Waals surface area contributed by atoms with Crippen molar-refractivity contribution in [2.24, 2.45) is 0 Å². The summed E-state index contributed by atoms with van der Waals surface area (Å²) in [5.74, 6) is 0. The molecule has 0 bridgehead atoms. The number of urea groups is 1. The van der Waals surface area contributed by atoms with Crippen molar-refractivity contribution in [3.8, 4) is 0 Å². The molecule has 4 rings (SSSR count). The molecule has 0 aliphatic carbocycles. The minimum absolute atomic E-state index is 0.0634. The number of pyridine rings is 1. The molecule has 0 radical (unpaired) electrons. The Morgan fingerprint density at radius 3 is 2.52 bits per heavy atom. The first-order chi connectivity index (χ1) is 12.3. The van der Waals surface area contributed by atoms with Crippen LogP contribution < -0.4 is 14.7 Å². The van der Waals surface area contributed by atoms with Crippen LogP contribution in [-0.2, 0) is 0 Å². The van der Waals surface area contributed by atoms with Gasteiger partial charge in [-0.3, -0.25) is 14.8 Å². The second-order valence-corrected chi connectivity index (χ2v) is 7.02. The summed E-state index contributed by atoms with van der Waals surface area (Å²) in [6, 6.07) is 3.67. The van der Waals surface area contributed by atoms with Crippen molar-refractivity contribution in [2.75, 3.05) is 60.5 Å². The summed E-state index contributed by atoms with van der Waals surface area (Å²) in [7, 11) is 0. The average Bonchev–Trinajstić information content (AvgIpc) is 3.29. The Bertz CT molecular complexity index is 729. The molecule has 0 saturated carbocycles. The van der Waals surface area contributed by atoms with Crippen LogP contribution in [0.2, 0.25) is 0 Å². The van der Waals surface area contributed by atoms with E-state index in [1.54, 1.807) is 22.2 Å². The smallest absolute Gasteiger partial charge is 0.330 e. The Morgan fingerprint density at radius 1 is 1.04 bits per heavy atom. The first-order valence-corrected chi connectivity index (χ1v) is 9.38. The monoisotopic (exact) mass is 359 g/mol. The first-order valence-electron chi connectivity index (χ1n) is 8.56. The molecular formula is C16H21N7OS. The van der Waals surface area contributed by atoms with Crippen molar-refractivity contribution >= 4 is 33.3 Å². The van der Waals surface area contributed by atoms with Crippen LogP contribution >= 0.6 is 11.3 Å². The van der Waals surface area contributed by atoms with Gasteiger partial charge in [-0.2, -0.15) is 0 Å². The SMILES string of the molecule is CCN1CCN(c2nnc(N3CCN(c4cccnc4)C3=O)s2)CC1. The molecule has 0 N–H and O–H groups in total. The second-order valence-electron chi connectivity index (χ2n) is 6.09. The summed E-state index contributed by atoms with van der Waals surface area (Å²) in [5.41, 5.74) is 0.815. The Morgan fingerprint density at radius 2 is 1.80 bits per heavy atom. The van der Waals surface area contributed by atoms with Gasteiger partial charge in [-0.15, -0.1) is 10.2 Å². The number of carbonyl (C=O) groups is 1. The number of hydrogen-bond donors (Lipinski definition) is 0. The predicted molar refractivity (Wildman–Crippen MR) is 98.6 cm³/mol. The van der Waals surface area contributed by atoms with Gasteiger partial charge in [0.2, 0.25) is 10.3 Å². The Balaban J connectivity index is 1.45.